The molecule has 2 aliphatic carbocycles. The van der Waals surface area contributed by atoms with Gasteiger partial charge < -0.3 is 15.0 Å². The number of alkyl halides is 2. The summed E-state index contributed by atoms with van der Waals surface area (Å²) in [6.07, 6.45) is 3.64. The molecule has 2 saturated carbocycles. The molecule has 0 spiro atoms. The minimum atomic E-state index is -3.38. The first-order valence-electron chi connectivity index (χ1n) is 11.8. The Morgan fingerprint density at radius 3 is 2.35 bits per heavy atom. The number of nitrogens with two attached hydrogens (primary N) is 1. The summed E-state index contributed by atoms with van der Waals surface area (Å²) in [6.45, 7) is -0.657. The van der Waals surface area contributed by atoms with E-state index in [1.807, 2.05) is 18.2 Å². The smallest absolute Gasteiger partial charge is 0.272 e. The first-order valence-corrected chi connectivity index (χ1v) is 13.4. The molecular formula is C25H29F2N3O3S. The maximum Gasteiger partial charge on any atom is 0.272 e. The average molecular weight is 490 g/mol. The summed E-state index contributed by atoms with van der Waals surface area (Å²) in [7, 11) is -3.38. The number of fused-ring (bicyclic) bond motifs is 1. The number of ether oxygens (including phenoxy) is 1. The number of halogens is 2. The molecule has 9 heteroatoms. The van der Waals surface area contributed by atoms with Crippen LogP contribution in [0.4, 0.5) is 20.2 Å². The van der Waals surface area contributed by atoms with Gasteiger partial charge >= 0.3 is 0 Å². The van der Waals surface area contributed by atoms with Crippen molar-refractivity contribution in [3.8, 4) is 17.0 Å². The summed E-state index contributed by atoms with van der Waals surface area (Å²) in [4.78, 5) is 0. The van der Waals surface area contributed by atoms with E-state index in [2.05, 4.69) is 9.29 Å². The fourth-order valence-corrected chi connectivity index (χ4v) is 6.30. The van der Waals surface area contributed by atoms with Crippen LogP contribution in [0.2, 0.25) is 0 Å². The second kappa shape index (κ2) is 9.09. The number of hydrogen-bond donors (Lipinski definition) is 2. The van der Waals surface area contributed by atoms with Gasteiger partial charge in [0, 0.05) is 28.7 Å². The van der Waals surface area contributed by atoms with E-state index in [1.54, 1.807) is 24.3 Å². The quantitative estimate of drug-likeness (QED) is 0.398. The Morgan fingerprint density at radius 1 is 1.06 bits per heavy atom. The second-order valence-corrected chi connectivity index (χ2v) is 11.1. The van der Waals surface area contributed by atoms with Crippen molar-refractivity contribution in [2.45, 2.75) is 51.0 Å². The van der Waals surface area contributed by atoms with Gasteiger partial charge in [0.05, 0.1) is 22.7 Å². The molecule has 3 N–H and O–H groups in total. The van der Waals surface area contributed by atoms with Crippen molar-refractivity contribution in [3.63, 3.8) is 0 Å². The molecule has 5 rings (SSSR count). The summed E-state index contributed by atoms with van der Waals surface area (Å²) in [6, 6.07) is 12.8. The van der Waals surface area contributed by atoms with Crippen molar-refractivity contribution >= 4 is 32.3 Å². The standard InChI is InChI=1S/C25H29F2N3O3S/c26-23(27)14-33-20-11-12-21-22(13-20)30(19-5-2-6-19)25(24(21)28)17-7-9-18(10-8-17)29-34(31,32)15-16-3-1-4-16/h7-13,16,19,23,29H,1-6,14-15,28H2. The summed E-state index contributed by atoms with van der Waals surface area (Å²) in [5.74, 6) is 0.797. The molecule has 0 bridgehead atoms. The molecule has 182 valence electrons. The van der Waals surface area contributed by atoms with Gasteiger partial charge in [-0.1, -0.05) is 18.6 Å². The van der Waals surface area contributed by atoms with Crippen molar-refractivity contribution in [2.24, 2.45) is 5.92 Å². The van der Waals surface area contributed by atoms with Crippen LogP contribution in [0.1, 0.15) is 44.6 Å². The monoisotopic (exact) mass is 489 g/mol. The molecule has 3 aromatic rings. The fraction of sp³-hybridized carbons (Fsp3) is 0.440. The number of nitrogens with zero attached hydrogens (tertiary/aromatic N) is 1. The van der Waals surface area contributed by atoms with Crippen LogP contribution in [0.25, 0.3) is 22.2 Å². The molecule has 2 aromatic carbocycles. The van der Waals surface area contributed by atoms with Gasteiger partial charge in [-0.25, -0.2) is 17.2 Å². The summed E-state index contributed by atoms with van der Waals surface area (Å²) < 4.78 is 60.3. The maximum absolute atomic E-state index is 12.6. The topological polar surface area (TPSA) is 86.4 Å². The van der Waals surface area contributed by atoms with Crippen molar-refractivity contribution in [2.75, 3.05) is 22.8 Å². The third-order valence-electron chi connectivity index (χ3n) is 6.94. The number of aromatic nitrogens is 1. The predicted molar refractivity (Wildman–Crippen MR) is 131 cm³/mol. The summed E-state index contributed by atoms with van der Waals surface area (Å²) in [5, 5.41) is 0.844. The van der Waals surface area contributed by atoms with Crippen LogP contribution in [0.15, 0.2) is 42.5 Å². The van der Waals surface area contributed by atoms with E-state index in [4.69, 9.17) is 10.5 Å². The molecule has 34 heavy (non-hydrogen) atoms. The van der Waals surface area contributed by atoms with Gasteiger partial charge in [-0.05, 0) is 62.3 Å². The zero-order chi connectivity index (χ0) is 23.9. The zero-order valence-electron chi connectivity index (χ0n) is 18.8. The molecular weight excluding hydrogens is 460 g/mol. The number of nitrogen functional groups attached to an aromatic ring is 1. The second-order valence-electron chi connectivity index (χ2n) is 9.36. The van der Waals surface area contributed by atoms with Crippen molar-refractivity contribution in [1.82, 2.24) is 4.57 Å². The zero-order valence-corrected chi connectivity index (χ0v) is 19.7. The van der Waals surface area contributed by atoms with E-state index in [-0.39, 0.29) is 17.7 Å². The van der Waals surface area contributed by atoms with Gasteiger partial charge in [0.25, 0.3) is 6.43 Å². The van der Waals surface area contributed by atoms with E-state index >= 15 is 0 Å². The normalized spacial score (nSPS) is 17.0. The third kappa shape index (κ3) is 4.58. The van der Waals surface area contributed by atoms with Crippen molar-refractivity contribution in [3.05, 3.63) is 42.5 Å². The largest absolute Gasteiger partial charge is 0.488 e. The van der Waals surface area contributed by atoms with Crippen LogP contribution < -0.4 is 15.2 Å². The molecule has 0 aliphatic heterocycles. The van der Waals surface area contributed by atoms with E-state index in [0.717, 1.165) is 60.7 Å². The maximum atomic E-state index is 12.6. The highest BCUT2D eigenvalue weighted by Gasteiger charge is 2.28. The highest BCUT2D eigenvalue weighted by Crippen LogP contribution is 2.45. The van der Waals surface area contributed by atoms with E-state index in [1.165, 1.54) is 0 Å². The molecule has 1 aromatic heterocycles. The van der Waals surface area contributed by atoms with Crippen LogP contribution in [0.5, 0.6) is 5.75 Å². The third-order valence-corrected chi connectivity index (χ3v) is 8.40. The van der Waals surface area contributed by atoms with Gasteiger partial charge in [0.2, 0.25) is 10.0 Å². The Morgan fingerprint density at radius 2 is 1.76 bits per heavy atom. The number of benzene rings is 2. The summed E-state index contributed by atoms with van der Waals surface area (Å²) in [5.41, 5.74) is 10.3. The Bertz CT molecular complexity index is 1280. The SMILES string of the molecule is Nc1c(-c2ccc(NS(=O)(=O)CC3CCC3)cc2)n(C2CCC2)c2cc(OCC(F)F)ccc12. The first kappa shape index (κ1) is 23.0. The minimum Gasteiger partial charge on any atom is -0.488 e. The molecule has 6 nitrogen and oxygen atoms in total. The Balaban J connectivity index is 1.47. The lowest BCUT2D eigenvalue weighted by molar-refractivity contribution is 0.0819. The summed E-state index contributed by atoms with van der Waals surface area (Å²) >= 11 is 0. The van der Waals surface area contributed by atoms with Crippen LogP contribution in [-0.4, -0.2) is 31.8 Å². The Kier molecular flexibility index (Phi) is 6.14. The molecule has 2 aliphatic rings. The molecule has 2 fully saturated rings. The number of hydrogen-bond acceptors (Lipinski definition) is 4. The van der Waals surface area contributed by atoms with Crippen LogP contribution >= 0.6 is 0 Å². The lowest BCUT2D eigenvalue weighted by atomic mass is 9.87. The number of sulfonamides is 1. The van der Waals surface area contributed by atoms with E-state index in [9.17, 15) is 17.2 Å². The fourth-order valence-electron chi connectivity index (χ4n) is 4.77. The van der Waals surface area contributed by atoms with E-state index in [0.29, 0.717) is 17.1 Å². The van der Waals surface area contributed by atoms with Gasteiger partial charge in [-0.3, -0.25) is 4.72 Å². The van der Waals surface area contributed by atoms with Crippen LogP contribution in [0.3, 0.4) is 0 Å². The van der Waals surface area contributed by atoms with Crippen LogP contribution in [0, 0.1) is 5.92 Å². The average Bonchev–Trinajstić information content (AvgIpc) is 3.00. The van der Waals surface area contributed by atoms with Crippen LogP contribution in [-0.2, 0) is 10.0 Å². The van der Waals surface area contributed by atoms with Gasteiger partial charge in [-0.2, -0.15) is 0 Å². The number of anilines is 2. The molecule has 1 heterocycles. The molecule has 0 saturated heterocycles. The van der Waals surface area contributed by atoms with Gasteiger partial charge in [0.15, 0.2) is 0 Å². The van der Waals surface area contributed by atoms with E-state index < -0.39 is 23.1 Å². The number of rotatable bonds is 9. The highest BCUT2D eigenvalue weighted by molar-refractivity contribution is 7.92. The molecule has 0 unspecified atom stereocenters. The minimum absolute atomic E-state index is 0.160. The van der Waals surface area contributed by atoms with Gasteiger partial charge in [-0.15, -0.1) is 0 Å². The number of nitrogens with one attached hydrogen (secondary N) is 1. The Hall–Kier alpha value is -2.81. The van der Waals surface area contributed by atoms with Crippen molar-refractivity contribution in [1.29, 1.82) is 0 Å². The first-order chi connectivity index (χ1) is 16.3. The highest BCUT2D eigenvalue weighted by atomic mass is 32.2. The predicted octanol–water partition coefficient (Wildman–Crippen LogP) is 5.80. The van der Waals surface area contributed by atoms with Crippen molar-refractivity contribution < 1.29 is 21.9 Å². The molecule has 0 radical (unpaired) electrons. The lowest BCUT2D eigenvalue weighted by Gasteiger charge is -2.30. The molecule has 0 amide bonds. The molecule has 0 atom stereocenters. The van der Waals surface area contributed by atoms with Gasteiger partial charge in [0.1, 0.15) is 12.4 Å². The lowest BCUT2D eigenvalue weighted by Crippen LogP contribution is -2.26. The Labute approximate surface area is 198 Å².